The van der Waals surface area contributed by atoms with Gasteiger partial charge in [0.15, 0.2) is 0 Å². The molecule has 0 atom stereocenters. The van der Waals surface area contributed by atoms with Crippen molar-refractivity contribution < 1.29 is 14.3 Å². The Morgan fingerprint density at radius 1 is 1.22 bits per heavy atom. The molecule has 1 N–H and O–H groups in total. The molecular formula is C14H21NO3. The summed E-state index contributed by atoms with van der Waals surface area (Å²) in [5.41, 5.74) is 0.331. The molecule has 0 fully saturated rings. The average molecular weight is 251 g/mol. The van der Waals surface area contributed by atoms with Crippen LogP contribution in [0.3, 0.4) is 0 Å². The first-order valence-corrected chi connectivity index (χ1v) is 6.19. The van der Waals surface area contributed by atoms with Crippen molar-refractivity contribution in [3.05, 3.63) is 35.9 Å². The van der Waals surface area contributed by atoms with Crippen molar-refractivity contribution in [2.24, 2.45) is 0 Å². The Balaban J connectivity index is 2.46. The SMILES string of the molecule is CCC(CC)(NC(=O)OCc1ccccc1)OC. The second-order valence-electron chi connectivity index (χ2n) is 4.09. The van der Waals surface area contributed by atoms with Crippen LogP contribution in [0.4, 0.5) is 4.79 Å². The quantitative estimate of drug-likeness (QED) is 0.790. The topological polar surface area (TPSA) is 47.6 Å². The smallest absolute Gasteiger partial charge is 0.409 e. The van der Waals surface area contributed by atoms with Crippen LogP contribution in [-0.2, 0) is 16.1 Å². The third-order valence-corrected chi connectivity index (χ3v) is 3.08. The van der Waals surface area contributed by atoms with E-state index in [4.69, 9.17) is 9.47 Å². The number of carbonyl (C=O) groups excluding carboxylic acids is 1. The van der Waals surface area contributed by atoms with E-state index in [9.17, 15) is 4.79 Å². The monoisotopic (exact) mass is 251 g/mol. The van der Waals surface area contributed by atoms with Crippen LogP contribution in [0, 0.1) is 0 Å². The number of carbonyl (C=O) groups is 1. The maximum Gasteiger partial charge on any atom is 0.409 e. The number of hydrogen-bond donors (Lipinski definition) is 1. The fraction of sp³-hybridized carbons (Fsp3) is 0.500. The molecule has 0 aliphatic rings. The Morgan fingerprint density at radius 3 is 2.33 bits per heavy atom. The second kappa shape index (κ2) is 7.01. The summed E-state index contributed by atoms with van der Waals surface area (Å²) in [4.78, 5) is 11.7. The van der Waals surface area contributed by atoms with Gasteiger partial charge in [0.2, 0.25) is 0 Å². The van der Waals surface area contributed by atoms with E-state index in [1.54, 1.807) is 7.11 Å². The van der Waals surface area contributed by atoms with E-state index in [0.29, 0.717) is 12.8 Å². The molecule has 0 aliphatic heterocycles. The summed E-state index contributed by atoms with van der Waals surface area (Å²) in [6, 6.07) is 9.57. The maximum atomic E-state index is 11.7. The van der Waals surface area contributed by atoms with Crippen LogP contribution in [0.5, 0.6) is 0 Å². The number of rotatable bonds is 6. The normalized spacial score (nSPS) is 11.1. The molecule has 0 heterocycles. The number of hydrogen-bond acceptors (Lipinski definition) is 3. The molecule has 0 saturated carbocycles. The summed E-state index contributed by atoms with van der Waals surface area (Å²) < 4.78 is 10.5. The molecule has 1 aromatic rings. The van der Waals surface area contributed by atoms with Crippen molar-refractivity contribution in [1.29, 1.82) is 0 Å². The second-order valence-corrected chi connectivity index (χ2v) is 4.09. The number of alkyl carbamates (subject to hydrolysis) is 1. The van der Waals surface area contributed by atoms with Gasteiger partial charge in [-0.1, -0.05) is 44.2 Å². The van der Waals surface area contributed by atoms with Gasteiger partial charge in [-0.15, -0.1) is 0 Å². The van der Waals surface area contributed by atoms with Crippen molar-refractivity contribution in [3.8, 4) is 0 Å². The van der Waals surface area contributed by atoms with Crippen LogP contribution >= 0.6 is 0 Å². The average Bonchev–Trinajstić information content (AvgIpc) is 2.44. The zero-order valence-corrected chi connectivity index (χ0v) is 11.2. The molecule has 18 heavy (non-hydrogen) atoms. The fourth-order valence-electron chi connectivity index (χ4n) is 1.71. The van der Waals surface area contributed by atoms with Crippen LogP contribution in [0.2, 0.25) is 0 Å². The van der Waals surface area contributed by atoms with E-state index in [1.165, 1.54) is 0 Å². The van der Waals surface area contributed by atoms with Crippen LogP contribution in [0.25, 0.3) is 0 Å². The third kappa shape index (κ3) is 4.04. The standard InChI is InChI=1S/C14H21NO3/c1-4-14(5-2,17-3)15-13(16)18-11-12-9-7-6-8-10-12/h6-10H,4-5,11H2,1-3H3,(H,15,16). The third-order valence-electron chi connectivity index (χ3n) is 3.08. The minimum Gasteiger partial charge on any atom is -0.445 e. The van der Waals surface area contributed by atoms with Gasteiger partial charge >= 0.3 is 6.09 Å². The molecule has 1 aromatic carbocycles. The molecule has 0 aromatic heterocycles. The van der Waals surface area contributed by atoms with Crippen molar-refractivity contribution in [2.75, 3.05) is 7.11 Å². The van der Waals surface area contributed by atoms with Crippen LogP contribution in [0.1, 0.15) is 32.3 Å². The highest BCUT2D eigenvalue weighted by atomic mass is 16.6. The predicted molar refractivity (Wildman–Crippen MR) is 70.1 cm³/mol. The lowest BCUT2D eigenvalue weighted by molar-refractivity contribution is -0.0436. The Labute approximate surface area is 108 Å². The van der Waals surface area contributed by atoms with Crippen LogP contribution < -0.4 is 5.32 Å². The fourth-order valence-corrected chi connectivity index (χ4v) is 1.71. The first-order valence-electron chi connectivity index (χ1n) is 6.19. The van der Waals surface area contributed by atoms with E-state index in [1.807, 2.05) is 44.2 Å². The van der Waals surface area contributed by atoms with Gasteiger partial charge in [0.1, 0.15) is 12.3 Å². The van der Waals surface area contributed by atoms with Crippen molar-refractivity contribution in [3.63, 3.8) is 0 Å². The largest absolute Gasteiger partial charge is 0.445 e. The lowest BCUT2D eigenvalue weighted by Crippen LogP contribution is -2.49. The van der Waals surface area contributed by atoms with E-state index in [2.05, 4.69) is 5.32 Å². The molecule has 0 radical (unpaired) electrons. The van der Waals surface area contributed by atoms with Gasteiger partial charge in [-0.2, -0.15) is 0 Å². The molecule has 0 spiro atoms. The van der Waals surface area contributed by atoms with E-state index in [0.717, 1.165) is 5.56 Å². The van der Waals surface area contributed by atoms with Crippen LogP contribution in [-0.4, -0.2) is 18.9 Å². The van der Waals surface area contributed by atoms with Crippen molar-refractivity contribution in [1.82, 2.24) is 5.32 Å². The van der Waals surface area contributed by atoms with E-state index >= 15 is 0 Å². The van der Waals surface area contributed by atoms with Gasteiger partial charge < -0.3 is 9.47 Å². The number of nitrogens with one attached hydrogen (secondary N) is 1. The molecule has 0 unspecified atom stereocenters. The Hall–Kier alpha value is -1.55. The first-order chi connectivity index (χ1) is 8.65. The predicted octanol–water partition coefficient (Wildman–Crippen LogP) is 3.08. The zero-order valence-electron chi connectivity index (χ0n) is 11.2. The molecule has 0 aliphatic carbocycles. The highest BCUT2D eigenvalue weighted by Gasteiger charge is 2.28. The van der Waals surface area contributed by atoms with E-state index in [-0.39, 0.29) is 6.61 Å². The molecule has 4 heteroatoms. The minimum atomic E-state index is -0.631. The summed E-state index contributed by atoms with van der Waals surface area (Å²) in [5, 5.41) is 2.77. The molecule has 1 amide bonds. The summed E-state index contributed by atoms with van der Waals surface area (Å²) in [5.74, 6) is 0. The van der Waals surface area contributed by atoms with Crippen LogP contribution in [0.15, 0.2) is 30.3 Å². The zero-order chi connectivity index (χ0) is 13.4. The van der Waals surface area contributed by atoms with Crippen molar-refractivity contribution in [2.45, 2.75) is 39.0 Å². The van der Waals surface area contributed by atoms with Gasteiger partial charge in [0, 0.05) is 7.11 Å². The Kier molecular flexibility index (Phi) is 5.65. The minimum absolute atomic E-state index is 0.264. The van der Waals surface area contributed by atoms with Crippen molar-refractivity contribution >= 4 is 6.09 Å². The van der Waals surface area contributed by atoms with E-state index < -0.39 is 11.8 Å². The Bertz CT molecular complexity index is 352. The highest BCUT2D eigenvalue weighted by Crippen LogP contribution is 2.15. The van der Waals surface area contributed by atoms with Gasteiger partial charge in [-0.3, -0.25) is 5.32 Å². The molecule has 1 rings (SSSR count). The maximum absolute atomic E-state index is 11.7. The summed E-state index contributed by atoms with van der Waals surface area (Å²) in [7, 11) is 1.59. The lowest BCUT2D eigenvalue weighted by atomic mass is 10.1. The molecule has 0 bridgehead atoms. The summed E-state index contributed by atoms with van der Waals surface area (Å²) >= 11 is 0. The van der Waals surface area contributed by atoms with Gasteiger partial charge in [0.25, 0.3) is 0 Å². The lowest BCUT2D eigenvalue weighted by Gasteiger charge is -2.30. The number of ether oxygens (including phenoxy) is 2. The van der Waals surface area contributed by atoms with Gasteiger partial charge in [-0.05, 0) is 18.4 Å². The number of benzene rings is 1. The number of amides is 1. The molecular weight excluding hydrogens is 230 g/mol. The first kappa shape index (κ1) is 14.5. The highest BCUT2D eigenvalue weighted by molar-refractivity contribution is 5.68. The summed E-state index contributed by atoms with van der Waals surface area (Å²) in [6.07, 6.45) is 0.935. The Morgan fingerprint density at radius 2 is 1.83 bits per heavy atom. The molecule has 4 nitrogen and oxygen atoms in total. The van der Waals surface area contributed by atoms with Gasteiger partial charge in [-0.25, -0.2) is 4.79 Å². The van der Waals surface area contributed by atoms with Gasteiger partial charge in [0.05, 0.1) is 0 Å². The molecule has 100 valence electrons. The summed E-state index contributed by atoms with van der Waals surface area (Å²) in [6.45, 7) is 4.19. The molecule has 0 saturated heterocycles. The number of methoxy groups -OCH3 is 1.